The molecule has 0 fully saturated rings. The van der Waals surface area contributed by atoms with Gasteiger partial charge in [0.25, 0.3) is 11.1 Å². The van der Waals surface area contributed by atoms with Crippen LogP contribution >= 0.6 is 0 Å². The Morgan fingerprint density at radius 2 is 1.28 bits per heavy atom. The smallest absolute Gasteiger partial charge is 0.329 e. The highest BCUT2D eigenvalue weighted by atomic mass is 16.5. The molecule has 2 unspecified atom stereocenters. The Balaban J connectivity index is 0.000000323. The van der Waals surface area contributed by atoms with Gasteiger partial charge in [-0.15, -0.1) is 0 Å². The number of carbonyl (C=O) groups excluding carboxylic acids is 1. The fourth-order valence-electron chi connectivity index (χ4n) is 3.30. The van der Waals surface area contributed by atoms with Gasteiger partial charge in [0.2, 0.25) is 0 Å². The van der Waals surface area contributed by atoms with Crippen LogP contribution in [0.4, 0.5) is 0 Å². The molecule has 0 spiro atoms. The normalized spacial score (nSPS) is 12.7. The highest BCUT2D eigenvalue weighted by molar-refractivity contribution is 5.74. The first-order valence-corrected chi connectivity index (χ1v) is 10.7. The monoisotopic (exact) mass is 446 g/mol. The number of aliphatic carboxylic acids is 1. The SMILES string of the molecule is CCOC(=O)C(C(C)C)n1ccc(C)cc1=O.Cc1ccn(C(C(=O)O)C(C)C)c(=O)c1. The van der Waals surface area contributed by atoms with Gasteiger partial charge in [0.15, 0.2) is 0 Å². The summed E-state index contributed by atoms with van der Waals surface area (Å²) in [7, 11) is 0. The summed E-state index contributed by atoms with van der Waals surface area (Å²) < 4.78 is 7.71. The zero-order chi connectivity index (χ0) is 24.6. The molecule has 1 N–H and O–H groups in total. The average Bonchev–Trinajstić information content (AvgIpc) is 2.66. The number of hydrogen-bond acceptors (Lipinski definition) is 5. The first-order chi connectivity index (χ1) is 14.9. The molecule has 8 nitrogen and oxygen atoms in total. The molecule has 2 aromatic rings. The van der Waals surface area contributed by atoms with Gasteiger partial charge in [-0.2, -0.15) is 0 Å². The van der Waals surface area contributed by atoms with Crippen LogP contribution in [0.5, 0.6) is 0 Å². The number of hydrogen-bond donors (Lipinski definition) is 1. The van der Waals surface area contributed by atoms with Crippen molar-refractivity contribution in [3.63, 3.8) is 0 Å². The zero-order valence-corrected chi connectivity index (χ0v) is 19.9. The number of aromatic nitrogens is 2. The van der Waals surface area contributed by atoms with Crippen molar-refractivity contribution < 1.29 is 19.4 Å². The van der Waals surface area contributed by atoms with Crippen molar-refractivity contribution in [2.24, 2.45) is 11.8 Å². The molecule has 0 aliphatic rings. The van der Waals surface area contributed by atoms with Gasteiger partial charge in [0.1, 0.15) is 12.1 Å². The van der Waals surface area contributed by atoms with E-state index in [1.807, 2.05) is 26.8 Å². The predicted octanol–water partition coefficient (Wildman–Crippen LogP) is 3.36. The molecule has 2 rings (SSSR count). The molecule has 0 saturated heterocycles. The third kappa shape index (κ3) is 7.21. The van der Waals surface area contributed by atoms with Crippen LogP contribution in [0.3, 0.4) is 0 Å². The number of carboxylic acids is 1. The molecule has 2 aromatic heterocycles. The van der Waals surface area contributed by atoms with Crippen molar-refractivity contribution in [2.75, 3.05) is 6.61 Å². The summed E-state index contributed by atoms with van der Waals surface area (Å²) in [5.41, 5.74) is 1.29. The Hall–Kier alpha value is -3.16. The van der Waals surface area contributed by atoms with Gasteiger partial charge in [0.05, 0.1) is 6.61 Å². The van der Waals surface area contributed by atoms with Gasteiger partial charge < -0.3 is 19.0 Å². The van der Waals surface area contributed by atoms with E-state index in [0.29, 0.717) is 6.61 Å². The summed E-state index contributed by atoms with van der Waals surface area (Å²) in [5, 5.41) is 9.03. The maximum Gasteiger partial charge on any atom is 0.329 e. The lowest BCUT2D eigenvalue weighted by molar-refractivity contribution is -0.148. The maximum absolute atomic E-state index is 11.8. The molecule has 2 atom stereocenters. The standard InChI is InChI=1S/C13H19NO3.C11H15NO3/c1-5-17-13(16)12(9(2)3)14-7-6-10(4)8-11(14)15;1-7(2)10(11(14)15)12-5-4-8(3)6-9(12)13/h6-9,12H,5H2,1-4H3;4-7,10H,1-3H3,(H,14,15). The first kappa shape index (κ1) is 26.9. The Kier molecular flexibility index (Phi) is 10.1. The fraction of sp³-hybridized carbons (Fsp3) is 0.500. The van der Waals surface area contributed by atoms with Crippen LogP contribution in [0.25, 0.3) is 0 Å². The molecule has 2 heterocycles. The number of pyridine rings is 2. The largest absolute Gasteiger partial charge is 0.480 e. The van der Waals surface area contributed by atoms with Gasteiger partial charge in [-0.1, -0.05) is 27.7 Å². The van der Waals surface area contributed by atoms with Gasteiger partial charge >= 0.3 is 11.9 Å². The number of carboxylic acid groups (broad SMARTS) is 1. The lowest BCUT2D eigenvalue weighted by Gasteiger charge is -2.21. The third-order valence-electron chi connectivity index (χ3n) is 4.85. The summed E-state index contributed by atoms with van der Waals surface area (Å²) in [4.78, 5) is 46.3. The highest BCUT2D eigenvalue weighted by Crippen LogP contribution is 2.18. The number of rotatable bonds is 7. The maximum atomic E-state index is 11.8. The Morgan fingerprint density at radius 1 is 0.875 bits per heavy atom. The van der Waals surface area contributed by atoms with Crippen LogP contribution < -0.4 is 11.1 Å². The Morgan fingerprint density at radius 3 is 1.59 bits per heavy atom. The molecule has 0 amide bonds. The fourth-order valence-corrected chi connectivity index (χ4v) is 3.30. The minimum Gasteiger partial charge on any atom is -0.480 e. The molecule has 0 aromatic carbocycles. The van der Waals surface area contributed by atoms with Crippen molar-refractivity contribution in [2.45, 2.75) is 60.5 Å². The highest BCUT2D eigenvalue weighted by Gasteiger charge is 2.26. The topological polar surface area (TPSA) is 108 Å². The quantitative estimate of drug-likeness (QED) is 0.654. The van der Waals surface area contributed by atoms with Crippen LogP contribution in [0.15, 0.2) is 46.2 Å². The molecule has 0 aliphatic heterocycles. The van der Waals surface area contributed by atoms with E-state index in [1.165, 1.54) is 27.5 Å². The van der Waals surface area contributed by atoms with E-state index in [1.54, 1.807) is 40.0 Å². The molecular weight excluding hydrogens is 412 g/mol. The molecular formula is C24H34N2O6. The van der Waals surface area contributed by atoms with Crippen molar-refractivity contribution in [1.82, 2.24) is 9.13 Å². The second kappa shape index (κ2) is 12.0. The lowest BCUT2D eigenvalue weighted by Crippen LogP contribution is -2.33. The number of esters is 1. The molecule has 176 valence electrons. The Bertz CT molecular complexity index is 1040. The molecule has 0 bridgehead atoms. The van der Waals surface area contributed by atoms with Crippen molar-refractivity contribution in [3.05, 3.63) is 68.5 Å². The predicted molar refractivity (Wildman–Crippen MR) is 123 cm³/mol. The number of carbonyl (C=O) groups is 2. The Labute approximate surface area is 188 Å². The van der Waals surface area contributed by atoms with E-state index in [0.717, 1.165) is 11.1 Å². The van der Waals surface area contributed by atoms with Crippen LogP contribution in [-0.2, 0) is 14.3 Å². The summed E-state index contributed by atoms with van der Waals surface area (Å²) >= 11 is 0. The van der Waals surface area contributed by atoms with E-state index in [9.17, 15) is 19.2 Å². The minimum atomic E-state index is -0.976. The third-order valence-corrected chi connectivity index (χ3v) is 4.85. The van der Waals surface area contributed by atoms with E-state index >= 15 is 0 Å². The molecule has 0 radical (unpaired) electrons. The van der Waals surface area contributed by atoms with Crippen molar-refractivity contribution in [3.8, 4) is 0 Å². The first-order valence-electron chi connectivity index (χ1n) is 10.7. The average molecular weight is 447 g/mol. The number of aryl methyl sites for hydroxylation is 2. The zero-order valence-electron chi connectivity index (χ0n) is 19.9. The molecule has 0 saturated carbocycles. The van der Waals surface area contributed by atoms with Crippen LogP contribution in [0.2, 0.25) is 0 Å². The summed E-state index contributed by atoms with van der Waals surface area (Å²) in [5.74, 6) is -1.44. The van der Waals surface area contributed by atoms with E-state index < -0.39 is 18.1 Å². The minimum absolute atomic E-state index is 0.00876. The van der Waals surface area contributed by atoms with Crippen molar-refractivity contribution in [1.29, 1.82) is 0 Å². The van der Waals surface area contributed by atoms with E-state index in [4.69, 9.17) is 9.84 Å². The van der Waals surface area contributed by atoms with E-state index in [2.05, 4.69) is 0 Å². The van der Waals surface area contributed by atoms with Gasteiger partial charge in [-0.25, -0.2) is 9.59 Å². The summed E-state index contributed by atoms with van der Waals surface area (Å²) in [6.45, 7) is 13.1. The van der Waals surface area contributed by atoms with Crippen LogP contribution in [0.1, 0.15) is 57.8 Å². The molecule has 32 heavy (non-hydrogen) atoms. The summed E-state index contributed by atoms with van der Waals surface area (Å²) in [6.07, 6.45) is 3.19. The second-order valence-corrected chi connectivity index (χ2v) is 8.37. The molecule has 0 aliphatic carbocycles. The molecule has 8 heteroatoms. The van der Waals surface area contributed by atoms with Gasteiger partial charge in [0, 0.05) is 24.5 Å². The van der Waals surface area contributed by atoms with E-state index in [-0.39, 0.29) is 28.9 Å². The van der Waals surface area contributed by atoms with Crippen LogP contribution in [0, 0.1) is 25.7 Å². The van der Waals surface area contributed by atoms with Crippen molar-refractivity contribution >= 4 is 11.9 Å². The van der Waals surface area contributed by atoms with Gasteiger partial charge in [-0.3, -0.25) is 9.59 Å². The van der Waals surface area contributed by atoms with Crippen LogP contribution in [-0.4, -0.2) is 32.8 Å². The number of nitrogens with zero attached hydrogens (tertiary/aromatic N) is 2. The van der Waals surface area contributed by atoms with Gasteiger partial charge in [-0.05, 0) is 55.9 Å². The second-order valence-electron chi connectivity index (χ2n) is 8.37. The number of ether oxygens (including phenoxy) is 1. The summed E-state index contributed by atoms with van der Waals surface area (Å²) in [6, 6.07) is 5.17. The lowest BCUT2D eigenvalue weighted by atomic mass is 10.0.